The van der Waals surface area contributed by atoms with Crippen LogP contribution in [0, 0.1) is 5.82 Å². The standard InChI is InChI=1S/C13H7BrClFO3/c14-11-9(13(17)18)5-6-10(12(11)16)19-8-3-1-7(15)2-4-8/h1-6H,(H,17,18). The molecule has 19 heavy (non-hydrogen) atoms. The Kier molecular flexibility index (Phi) is 4.07. The van der Waals surface area contributed by atoms with Gasteiger partial charge in [0.2, 0.25) is 0 Å². The van der Waals surface area contributed by atoms with Gasteiger partial charge < -0.3 is 9.84 Å². The van der Waals surface area contributed by atoms with Gasteiger partial charge in [-0.05, 0) is 52.3 Å². The predicted molar refractivity (Wildman–Crippen MR) is 72.6 cm³/mol. The molecule has 6 heteroatoms. The maximum atomic E-state index is 13.9. The van der Waals surface area contributed by atoms with E-state index < -0.39 is 11.8 Å². The van der Waals surface area contributed by atoms with Crippen LogP contribution in [0.15, 0.2) is 40.9 Å². The van der Waals surface area contributed by atoms with Crippen molar-refractivity contribution in [3.05, 3.63) is 57.3 Å². The largest absolute Gasteiger partial charge is 0.478 e. The second-order valence-corrected chi connectivity index (χ2v) is 4.83. The smallest absolute Gasteiger partial charge is 0.336 e. The van der Waals surface area contributed by atoms with Gasteiger partial charge in [0, 0.05) is 5.02 Å². The molecular weight excluding hydrogens is 338 g/mol. The Morgan fingerprint density at radius 2 is 1.84 bits per heavy atom. The van der Waals surface area contributed by atoms with Crippen molar-refractivity contribution >= 4 is 33.5 Å². The summed E-state index contributed by atoms with van der Waals surface area (Å²) in [6.45, 7) is 0. The molecule has 98 valence electrons. The van der Waals surface area contributed by atoms with Crippen molar-refractivity contribution in [2.75, 3.05) is 0 Å². The highest BCUT2D eigenvalue weighted by Crippen LogP contribution is 2.32. The minimum Gasteiger partial charge on any atom is -0.478 e. The zero-order valence-electron chi connectivity index (χ0n) is 9.36. The van der Waals surface area contributed by atoms with Crippen LogP contribution in [0.3, 0.4) is 0 Å². The van der Waals surface area contributed by atoms with Crippen LogP contribution in [0.1, 0.15) is 10.4 Å². The molecule has 0 aliphatic heterocycles. The van der Waals surface area contributed by atoms with Crippen molar-refractivity contribution in [3.8, 4) is 11.5 Å². The average molecular weight is 346 g/mol. The zero-order chi connectivity index (χ0) is 14.0. The van der Waals surface area contributed by atoms with Crippen molar-refractivity contribution in [3.63, 3.8) is 0 Å². The van der Waals surface area contributed by atoms with Crippen LogP contribution < -0.4 is 4.74 Å². The number of benzene rings is 2. The Morgan fingerprint density at radius 1 is 1.21 bits per heavy atom. The van der Waals surface area contributed by atoms with E-state index in [4.69, 9.17) is 21.4 Å². The Labute approximate surface area is 121 Å². The third-order valence-electron chi connectivity index (χ3n) is 2.32. The molecule has 3 nitrogen and oxygen atoms in total. The molecule has 0 amide bonds. The highest BCUT2D eigenvalue weighted by molar-refractivity contribution is 9.10. The van der Waals surface area contributed by atoms with Gasteiger partial charge in [0.1, 0.15) is 5.75 Å². The highest BCUT2D eigenvalue weighted by Gasteiger charge is 2.17. The quantitative estimate of drug-likeness (QED) is 0.874. The van der Waals surface area contributed by atoms with Gasteiger partial charge in [-0.25, -0.2) is 9.18 Å². The molecule has 0 saturated heterocycles. The van der Waals surface area contributed by atoms with Gasteiger partial charge >= 0.3 is 5.97 Å². The first-order valence-electron chi connectivity index (χ1n) is 5.13. The Bertz CT molecular complexity index is 629. The highest BCUT2D eigenvalue weighted by atomic mass is 79.9. The number of ether oxygens (including phenoxy) is 1. The number of aromatic carboxylic acids is 1. The van der Waals surface area contributed by atoms with Gasteiger partial charge in [0.25, 0.3) is 0 Å². The molecule has 2 aromatic rings. The number of rotatable bonds is 3. The molecule has 2 rings (SSSR count). The number of hydrogen-bond acceptors (Lipinski definition) is 2. The van der Waals surface area contributed by atoms with Crippen molar-refractivity contribution < 1.29 is 19.0 Å². The fourth-order valence-corrected chi connectivity index (χ4v) is 2.03. The fourth-order valence-electron chi connectivity index (χ4n) is 1.41. The second-order valence-electron chi connectivity index (χ2n) is 3.60. The molecule has 0 heterocycles. The normalized spacial score (nSPS) is 10.3. The predicted octanol–water partition coefficient (Wildman–Crippen LogP) is 4.73. The Balaban J connectivity index is 2.34. The van der Waals surface area contributed by atoms with E-state index in [0.717, 1.165) is 0 Å². The third kappa shape index (κ3) is 3.05. The van der Waals surface area contributed by atoms with E-state index in [2.05, 4.69) is 15.9 Å². The monoisotopic (exact) mass is 344 g/mol. The van der Waals surface area contributed by atoms with Crippen LogP contribution in [0.5, 0.6) is 11.5 Å². The molecule has 0 bridgehead atoms. The van der Waals surface area contributed by atoms with E-state index in [0.29, 0.717) is 10.8 Å². The van der Waals surface area contributed by atoms with Crippen LogP contribution in [-0.4, -0.2) is 11.1 Å². The van der Waals surface area contributed by atoms with E-state index >= 15 is 0 Å². The summed E-state index contributed by atoms with van der Waals surface area (Å²) in [4.78, 5) is 10.8. The first-order valence-corrected chi connectivity index (χ1v) is 6.31. The molecule has 1 N–H and O–H groups in total. The summed E-state index contributed by atoms with van der Waals surface area (Å²) >= 11 is 8.62. The molecule has 0 aromatic heterocycles. The maximum absolute atomic E-state index is 13.9. The van der Waals surface area contributed by atoms with Crippen LogP contribution in [0.25, 0.3) is 0 Å². The minimum atomic E-state index is -1.22. The number of carboxylic acid groups (broad SMARTS) is 1. The van der Waals surface area contributed by atoms with Gasteiger partial charge in [-0.15, -0.1) is 0 Å². The summed E-state index contributed by atoms with van der Waals surface area (Å²) in [5, 5.41) is 9.39. The molecule has 0 saturated carbocycles. The number of halogens is 3. The summed E-state index contributed by atoms with van der Waals surface area (Å²) in [6.07, 6.45) is 0. The zero-order valence-corrected chi connectivity index (χ0v) is 11.7. The van der Waals surface area contributed by atoms with E-state index in [-0.39, 0.29) is 15.8 Å². The van der Waals surface area contributed by atoms with Crippen molar-refractivity contribution in [2.24, 2.45) is 0 Å². The van der Waals surface area contributed by atoms with Crippen molar-refractivity contribution in [2.45, 2.75) is 0 Å². The maximum Gasteiger partial charge on any atom is 0.336 e. The van der Waals surface area contributed by atoms with Crippen molar-refractivity contribution in [1.82, 2.24) is 0 Å². The van der Waals surface area contributed by atoms with Gasteiger partial charge in [-0.3, -0.25) is 0 Å². The molecule has 0 spiro atoms. The lowest BCUT2D eigenvalue weighted by molar-refractivity contribution is 0.0695. The number of hydrogen-bond donors (Lipinski definition) is 1. The summed E-state index contributed by atoms with van der Waals surface area (Å²) in [7, 11) is 0. The summed E-state index contributed by atoms with van der Waals surface area (Å²) < 4.78 is 19.1. The number of carboxylic acids is 1. The lowest BCUT2D eigenvalue weighted by atomic mass is 10.2. The van der Waals surface area contributed by atoms with Gasteiger partial charge in [-0.1, -0.05) is 11.6 Å². The first kappa shape index (κ1) is 13.8. The van der Waals surface area contributed by atoms with Crippen LogP contribution in [0.2, 0.25) is 5.02 Å². The number of carbonyl (C=O) groups is 1. The van der Waals surface area contributed by atoms with E-state index in [1.165, 1.54) is 12.1 Å². The minimum absolute atomic E-state index is 0.0702. The van der Waals surface area contributed by atoms with Gasteiger partial charge in [-0.2, -0.15) is 0 Å². The van der Waals surface area contributed by atoms with Gasteiger partial charge in [0.05, 0.1) is 10.0 Å². The SMILES string of the molecule is O=C(O)c1ccc(Oc2ccc(Cl)cc2)c(F)c1Br. The summed E-state index contributed by atoms with van der Waals surface area (Å²) in [6, 6.07) is 8.91. The lowest BCUT2D eigenvalue weighted by Gasteiger charge is -2.09. The van der Waals surface area contributed by atoms with Crippen LogP contribution >= 0.6 is 27.5 Å². The van der Waals surface area contributed by atoms with Crippen LogP contribution in [0.4, 0.5) is 4.39 Å². The van der Waals surface area contributed by atoms with Crippen molar-refractivity contribution in [1.29, 1.82) is 0 Å². The molecule has 0 aliphatic rings. The fraction of sp³-hybridized carbons (Fsp3) is 0. The molecule has 2 aromatic carbocycles. The molecule has 0 unspecified atom stereocenters. The molecule has 0 radical (unpaired) electrons. The molecule has 0 aliphatic carbocycles. The first-order chi connectivity index (χ1) is 8.99. The van der Waals surface area contributed by atoms with E-state index in [1.54, 1.807) is 24.3 Å². The average Bonchev–Trinajstić information content (AvgIpc) is 2.37. The summed E-state index contributed by atoms with van der Waals surface area (Å²) in [5.74, 6) is -1.66. The molecule has 0 atom stereocenters. The lowest BCUT2D eigenvalue weighted by Crippen LogP contribution is -2.00. The van der Waals surface area contributed by atoms with E-state index in [1.807, 2.05) is 0 Å². The third-order valence-corrected chi connectivity index (χ3v) is 3.35. The molecular formula is C13H7BrClFO3. The second kappa shape index (κ2) is 5.59. The Morgan fingerprint density at radius 3 is 2.42 bits per heavy atom. The molecule has 0 fully saturated rings. The summed E-state index contributed by atoms with van der Waals surface area (Å²) in [5.41, 5.74) is -0.166. The van der Waals surface area contributed by atoms with Crippen LogP contribution in [-0.2, 0) is 0 Å². The van der Waals surface area contributed by atoms with E-state index in [9.17, 15) is 9.18 Å². The topological polar surface area (TPSA) is 46.5 Å². The Hall–Kier alpha value is -1.59. The van der Waals surface area contributed by atoms with Gasteiger partial charge in [0.15, 0.2) is 11.6 Å².